The third-order valence-corrected chi connectivity index (χ3v) is 5.99. The van der Waals surface area contributed by atoms with Crippen molar-refractivity contribution in [2.24, 2.45) is 0 Å². The Morgan fingerprint density at radius 2 is 1.83 bits per heavy atom. The molecular weight excluding hydrogens is 447 g/mol. The number of halogens is 2. The molecular formula is C20H20Cl2N4O3S. The second-order valence-corrected chi connectivity index (χ2v) is 7.82. The Morgan fingerprint density at radius 1 is 1.13 bits per heavy atom. The van der Waals surface area contributed by atoms with Crippen molar-refractivity contribution in [1.82, 2.24) is 14.8 Å². The van der Waals surface area contributed by atoms with Gasteiger partial charge in [-0.3, -0.25) is 4.79 Å². The smallest absolute Gasteiger partial charge is 0.234 e. The molecule has 1 N–H and O–H groups in total. The SMILES string of the molecule is CCn1c(SCC(=O)Nc2cccc(Cl)c2Cl)nnc1-c1cc(OC)cc(OC)c1. The van der Waals surface area contributed by atoms with Crippen molar-refractivity contribution in [2.45, 2.75) is 18.6 Å². The molecule has 0 aliphatic rings. The summed E-state index contributed by atoms with van der Waals surface area (Å²) < 4.78 is 12.6. The summed E-state index contributed by atoms with van der Waals surface area (Å²) in [6.45, 7) is 2.62. The van der Waals surface area contributed by atoms with E-state index in [0.29, 0.717) is 44.8 Å². The summed E-state index contributed by atoms with van der Waals surface area (Å²) in [5.74, 6) is 1.89. The lowest BCUT2D eigenvalue weighted by Crippen LogP contribution is -2.15. The zero-order valence-corrected chi connectivity index (χ0v) is 18.9. The van der Waals surface area contributed by atoms with Gasteiger partial charge in [-0.2, -0.15) is 0 Å². The van der Waals surface area contributed by atoms with Gasteiger partial charge < -0.3 is 19.4 Å². The molecule has 0 bridgehead atoms. The molecule has 0 radical (unpaired) electrons. The van der Waals surface area contributed by atoms with E-state index in [4.69, 9.17) is 32.7 Å². The van der Waals surface area contributed by atoms with Crippen LogP contribution in [0.4, 0.5) is 5.69 Å². The number of carbonyl (C=O) groups is 1. The number of anilines is 1. The van der Waals surface area contributed by atoms with Crippen LogP contribution in [0.2, 0.25) is 10.0 Å². The van der Waals surface area contributed by atoms with Gasteiger partial charge in [0.15, 0.2) is 11.0 Å². The average Bonchev–Trinajstić information content (AvgIpc) is 3.18. The highest BCUT2D eigenvalue weighted by Crippen LogP contribution is 2.32. The summed E-state index contributed by atoms with van der Waals surface area (Å²) in [6, 6.07) is 10.6. The van der Waals surface area contributed by atoms with Gasteiger partial charge in [0.1, 0.15) is 11.5 Å². The molecule has 2 aromatic carbocycles. The molecule has 0 unspecified atom stereocenters. The fourth-order valence-electron chi connectivity index (χ4n) is 2.75. The van der Waals surface area contributed by atoms with Gasteiger partial charge in [0, 0.05) is 18.2 Å². The van der Waals surface area contributed by atoms with Crippen molar-refractivity contribution in [1.29, 1.82) is 0 Å². The fourth-order valence-corrected chi connectivity index (χ4v) is 3.90. The quantitative estimate of drug-likeness (QED) is 0.469. The molecule has 0 fully saturated rings. The van der Waals surface area contributed by atoms with Gasteiger partial charge in [0.05, 0.1) is 35.7 Å². The molecule has 1 aromatic heterocycles. The maximum atomic E-state index is 12.4. The Morgan fingerprint density at radius 3 is 2.47 bits per heavy atom. The average molecular weight is 467 g/mol. The van der Waals surface area contributed by atoms with Gasteiger partial charge in [0.2, 0.25) is 5.91 Å². The third-order valence-electron chi connectivity index (χ3n) is 4.20. The maximum Gasteiger partial charge on any atom is 0.234 e. The van der Waals surface area contributed by atoms with Crippen LogP contribution in [0.3, 0.4) is 0 Å². The van der Waals surface area contributed by atoms with Gasteiger partial charge in [-0.15, -0.1) is 10.2 Å². The lowest BCUT2D eigenvalue weighted by molar-refractivity contribution is -0.113. The molecule has 0 aliphatic heterocycles. The van der Waals surface area contributed by atoms with E-state index < -0.39 is 0 Å². The highest BCUT2D eigenvalue weighted by atomic mass is 35.5. The van der Waals surface area contributed by atoms with Crippen LogP contribution in [-0.4, -0.2) is 40.6 Å². The number of amides is 1. The number of aromatic nitrogens is 3. The number of nitrogens with one attached hydrogen (secondary N) is 1. The van der Waals surface area contributed by atoms with Crippen molar-refractivity contribution in [3.63, 3.8) is 0 Å². The fraction of sp³-hybridized carbons (Fsp3) is 0.250. The van der Waals surface area contributed by atoms with Crippen LogP contribution in [0.25, 0.3) is 11.4 Å². The Labute approximate surface area is 188 Å². The first-order valence-corrected chi connectivity index (χ1v) is 10.7. The lowest BCUT2D eigenvalue weighted by atomic mass is 10.2. The number of benzene rings is 2. The molecule has 0 aliphatic carbocycles. The van der Waals surface area contributed by atoms with Crippen molar-refractivity contribution >= 4 is 46.6 Å². The topological polar surface area (TPSA) is 78.3 Å². The van der Waals surface area contributed by atoms with Crippen LogP contribution in [-0.2, 0) is 11.3 Å². The maximum absolute atomic E-state index is 12.4. The Kier molecular flexibility index (Phi) is 7.47. The van der Waals surface area contributed by atoms with Gasteiger partial charge >= 0.3 is 0 Å². The van der Waals surface area contributed by atoms with Gasteiger partial charge in [-0.05, 0) is 31.2 Å². The zero-order valence-electron chi connectivity index (χ0n) is 16.6. The molecule has 7 nitrogen and oxygen atoms in total. The third kappa shape index (κ3) is 5.00. The van der Waals surface area contributed by atoms with Crippen molar-refractivity contribution in [3.8, 4) is 22.9 Å². The molecule has 3 rings (SSSR count). The number of nitrogens with zero attached hydrogens (tertiary/aromatic N) is 3. The van der Waals surface area contributed by atoms with E-state index in [1.54, 1.807) is 38.5 Å². The summed E-state index contributed by atoms with van der Waals surface area (Å²) in [7, 11) is 3.18. The second kappa shape index (κ2) is 10.1. The number of methoxy groups -OCH3 is 2. The van der Waals surface area contributed by atoms with E-state index in [1.165, 1.54) is 11.8 Å². The molecule has 30 heavy (non-hydrogen) atoms. The van der Waals surface area contributed by atoms with Crippen LogP contribution >= 0.6 is 35.0 Å². The van der Waals surface area contributed by atoms with E-state index in [0.717, 1.165) is 5.56 Å². The summed E-state index contributed by atoms with van der Waals surface area (Å²) in [5, 5.41) is 12.6. The standard InChI is InChI=1S/C20H20Cl2N4O3S/c1-4-26-19(12-8-13(28-2)10-14(9-12)29-3)24-25-20(26)30-11-17(27)23-16-7-5-6-15(21)18(16)22/h5-10H,4,11H2,1-3H3,(H,23,27). The monoisotopic (exact) mass is 466 g/mol. The summed E-state index contributed by atoms with van der Waals surface area (Å²) in [5.41, 5.74) is 1.28. The Hall–Kier alpha value is -2.42. The van der Waals surface area contributed by atoms with E-state index >= 15 is 0 Å². The first-order chi connectivity index (χ1) is 14.5. The van der Waals surface area contributed by atoms with E-state index in [-0.39, 0.29) is 11.7 Å². The molecule has 1 heterocycles. The Bertz CT molecular complexity index is 1040. The first-order valence-electron chi connectivity index (χ1n) is 9.00. The second-order valence-electron chi connectivity index (χ2n) is 6.09. The zero-order chi connectivity index (χ0) is 21.7. The minimum Gasteiger partial charge on any atom is -0.497 e. The largest absolute Gasteiger partial charge is 0.497 e. The molecule has 0 saturated carbocycles. The number of thioether (sulfide) groups is 1. The van der Waals surface area contributed by atoms with Crippen LogP contribution < -0.4 is 14.8 Å². The van der Waals surface area contributed by atoms with Gasteiger partial charge in [-0.25, -0.2) is 0 Å². The molecule has 158 valence electrons. The van der Waals surface area contributed by atoms with Crippen molar-refractivity contribution in [3.05, 3.63) is 46.4 Å². The van der Waals surface area contributed by atoms with Crippen LogP contribution in [0.1, 0.15) is 6.92 Å². The van der Waals surface area contributed by atoms with Gasteiger partial charge in [0.25, 0.3) is 0 Å². The minimum absolute atomic E-state index is 0.141. The van der Waals surface area contributed by atoms with Crippen LogP contribution in [0.5, 0.6) is 11.5 Å². The molecule has 0 spiro atoms. The predicted molar refractivity (Wildman–Crippen MR) is 120 cm³/mol. The van der Waals surface area contributed by atoms with E-state index in [9.17, 15) is 4.79 Å². The highest BCUT2D eigenvalue weighted by Gasteiger charge is 2.17. The number of rotatable bonds is 8. The predicted octanol–water partition coefficient (Wildman–Crippen LogP) is 5.02. The Balaban J connectivity index is 1.76. The lowest BCUT2D eigenvalue weighted by Gasteiger charge is -2.11. The first kappa shape index (κ1) is 22.3. The molecule has 3 aromatic rings. The summed E-state index contributed by atoms with van der Waals surface area (Å²) >= 11 is 13.4. The van der Waals surface area contributed by atoms with Crippen LogP contribution in [0, 0.1) is 0 Å². The number of hydrogen-bond donors (Lipinski definition) is 1. The minimum atomic E-state index is -0.223. The van der Waals surface area contributed by atoms with Crippen molar-refractivity contribution < 1.29 is 14.3 Å². The normalized spacial score (nSPS) is 10.7. The molecule has 1 amide bonds. The molecule has 0 atom stereocenters. The number of hydrogen-bond acceptors (Lipinski definition) is 6. The highest BCUT2D eigenvalue weighted by molar-refractivity contribution is 7.99. The molecule has 0 saturated heterocycles. The number of ether oxygens (including phenoxy) is 2. The van der Waals surface area contributed by atoms with E-state index in [1.807, 2.05) is 23.6 Å². The van der Waals surface area contributed by atoms with Crippen molar-refractivity contribution in [2.75, 3.05) is 25.3 Å². The summed E-state index contributed by atoms with van der Waals surface area (Å²) in [4.78, 5) is 12.4. The molecule has 10 heteroatoms. The van der Waals surface area contributed by atoms with E-state index in [2.05, 4.69) is 15.5 Å². The van der Waals surface area contributed by atoms with Crippen LogP contribution in [0.15, 0.2) is 41.6 Å². The number of carbonyl (C=O) groups excluding carboxylic acids is 1. The summed E-state index contributed by atoms with van der Waals surface area (Å²) in [6.07, 6.45) is 0. The van der Waals surface area contributed by atoms with Gasteiger partial charge in [-0.1, -0.05) is 41.0 Å².